The monoisotopic (exact) mass is 244 g/mol. The first-order valence-corrected chi connectivity index (χ1v) is 5.35. The highest BCUT2D eigenvalue weighted by molar-refractivity contribution is 5.80. The fourth-order valence-electron chi connectivity index (χ4n) is 1.42. The molecule has 0 unspecified atom stereocenters. The molecule has 0 aliphatic carbocycles. The number of hydrogen-bond acceptors (Lipinski definition) is 5. The molecule has 0 radical (unpaired) electrons. The van der Waals surface area contributed by atoms with Crippen LogP contribution < -0.4 is 9.47 Å². The molecule has 0 saturated heterocycles. The maximum atomic E-state index is 10.9. The van der Waals surface area contributed by atoms with Crippen LogP contribution in [-0.4, -0.2) is 23.4 Å². The maximum absolute atomic E-state index is 10.9. The van der Waals surface area contributed by atoms with Gasteiger partial charge >= 0.3 is 0 Å². The minimum Gasteiger partial charge on any atom is -0.497 e. The van der Waals surface area contributed by atoms with Gasteiger partial charge in [0.2, 0.25) is 0 Å². The summed E-state index contributed by atoms with van der Waals surface area (Å²) in [5.74, 6) is 1.66. The number of hydrogen-bond donors (Lipinski definition) is 0. The van der Waals surface area contributed by atoms with Crippen LogP contribution in [0.25, 0.3) is 0 Å². The summed E-state index contributed by atoms with van der Waals surface area (Å²) in [5, 5.41) is 0. The van der Waals surface area contributed by atoms with E-state index in [1.807, 2.05) is 0 Å². The van der Waals surface area contributed by atoms with Crippen LogP contribution in [0.4, 0.5) is 0 Å². The zero-order valence-corrected chi connectivity index (χ0v) is 9.87. The fourth-order valence-corrected chi connectivity index (χ4v) is 1.42. The third kappa shape index (κ3) is 2.82. The lowest BCUT2D eigenvalue weighted by molar-refractivity contribution is 0.111. The van der Waals surface area contributed by atoms with Crippen molar-refractivity contribution in [3.05, 3.63) is 48.0 Å². The average molecular weight is 244 g/mol. The first kappa shape index (κ1) is 12.0. The Bertz CT molecular complexity index is 529. The average Bonchev–Trinajstić information content (AvgIpc) is 2.46. The van der Waals surface area contributed by atoms with Crippen LogP contribution in [0.3, 0.4) is 0 Å². The largest absolute Gasteiger partial charge is 0.497 e. The summed E-state index contributed by atoms with van der Waals surface area (Å²) >= 11 is 0. The van der Waals surface area contributed by atoms with E-state index < -0.39 is 0 Å². The number of methoxy groups -OCH3 is 1. The van der Waals surface area contributed by atoms with Crippen LogP contribution in [0.5, 0.6) is 11.5 Å². The Morgan fingerprint density at radius 2 is 2.06 bits per heavy atom. The van der Waals surface area contributed by atoms with Crippen molar-refractivity contribution in [2.24, 2.45) is 0 Å². The molecular formula is C13H12N2O3. The van der Waals surface area contributed by atoms with Crippen molar-refractivity contribution in [2.75, 3.05) is 7.11 Å². The van der Waals surface area contributed by atoms with E-state index in [-0.39, 0.29) is 6.61 Å². The standard InChI is InChI=1S/C13H12N2O3/c1-17-11-3-4-12(10(7-11)8-16)18-9-13-14-5-2-6-15-13/h2-8H,9H2,1H3. The predicted octanol–water partition coefficient (Wildman–Crippen LogP) is 1.88. The molecule has 0 fully saturated rings. The van der Waals surface area contributed by atoms with E-state index in [1.54, 1.807) is 43.8 Å². The van der Waals surface area contributed by atoms with Gasteiger partial charge in [0, 0.05) is 12.4 Å². The zero-order valence-electron chi connectivity index (χ0n) is 9.87. The van der Waals surface area contributed by atoms with Crippen LogP contribution in [0, 0.1) is 0 Å². The number of aromatic nitrogens is 2. The highest BCUT2D eigenvalue weighted by Crippen LogP contribution is 2.23. The zero-order chi connectivity index (χ0) is 12.8. The number of nitrogens with zero attached hydrogens (tertiary/aromatic N) is 2. The molecule has 5 nitrogen and oxygen atoms in total. The first-order valence-electron chi connectivity index (χ1n) is 5.35. The van der Waals surface area contributed by atoms with Gasteiger partial charge in [-0.1, -0.05) is 0 Å². The van der Waals surface area contributed by atoms with Gasteiger partial charge in [0.05, 0.1) is 12.7 Å². The van der Waals surface area contributed by atoms with Gasteiger partial charge in [-0.2, -0.15) is 0 Å². The van der Waals surface area contributed by atoms with Gasteiger partial charge in [-0.15, -0.1) is 0 Å². The van der Waals surface area contributed by atoms with Crippen LogP contribution >= 0.6 is 0 Å². The van der Waals surface area contributed by atoms with Gasteiger partial charge in [-0.25, -0.2) is 9.97 Å². The van der Waals surface area contributed by atoms with Crippen LogP contribution in [-0.2, 0) is 6.61 Å². The van der Waals surface area contributed by atoms with Crippen molar-refractivity contribution in [3.63, 3.8) is 0 Å². The summed E-state index contributed by atoms with van der Waals surface area (Å²) in [5.41, 5.74) is 0.435. The smallest absolute Gasteiger partial charge is 0.166 e. The van der Waals surface area contributed by atoms with Crippen molar-refractivity contribution in [1.82, 2.24) is 9.97 Å². The number of carbonyl (C=O) groups is 1. The molecule has 0 amide bonds. The van der Waals surface area contributed by atoms with Gasteiger partial charge in [0.25, 0.3) is 0 Å². The molecule has 2 rings (SSSR count). The Labute approximate surface area is 104 Å². The van der Waals surface area contributed by atoms with Crippen molar-refractivity contribution in [3.8, 4) is 11.5 Å². The second kappa shape index (κ2) is 5.77. The number of aldehydes is 1. The van der Waals surface area contributed by atoms with Crippen molar-refractivity contribution in [1.29, 1.82) is 0 Å². The first-order chi connectivity index (χ1) is 8.83. The Morgan fingerprint density at radius 1 is 1.28 bits per heavy atom. The fraction of sp³-hybridized carbons (Fsp3) is 0.154. The third-order valence-corrected chi connectivity index (χ3v) is 2.32. The van der Waals surface area contributed by atoms with Crippen molar-refractivity contribution >= 4 is 6.29 Å². The van der Waals surface area contributed by atoms with Gasteiger partial charge in [-0.05, 0) is 24.3 Å². The lowest BCUT2D eigenvalue weighted by atomic mass is 10.2. The van der Waals surface area contributed by atoms with Gasteiger partial charge < -0.3 is 9.47 Å². The Morgan fingerprint density at radius 3 is 2.72 bits per heavy atom. The van der Waals surface area contributed by atoms with Gasteiger partial charge in [-0.3, -0.25) is 4.79 Å². The van der Waals surface area contributed by atoms with Gasteiger partial charge in [0.1, 0.15) is 18.1 Å². The van der Waals surface area contributed by atoms with Crippen molar-refractivity contribution < 1.29 is 14.3 Å². The summed E-state index contributed by atoms with van der Waals surface area (Å²) in [4.78, 5) is 19.0. The molecule has 0 atom stereocenters. The molecule has 0 saturated carbocycles. The molecule has 0 spiro atoms. The van der Waals surface area contributed by atoms with E-state index in [1.165, 1.54) is 0 Å². The molecule has 92 valence electrons. The molecule has 2 aromatic rings. The van der Waals surface area contributed by atoms with E-state index in [0.717, 1.165) is 6.29 Å². The lowest BCUT2D eigenvalue weighted by Crippen LogP contribution is -2.02. The maximum Gasteiger partial charge on any atom is 0.166 e. The Hall–Kier alpha value is -2.43. The second-order valence-electron chi connectivity index (χ2n) is 3.48. The highest BCUT2D eigenvalue weighted by Gasteiger charge is 2.06. The quantitative estimate of drug-likeness (QED) is 0.751. The number of ether oxygens (including phenoxy) is 2. The summed E-state index contributed by atoms with van der Waals surface area (Å²) < 4.78 is 10.5. The van der Waals surface area contributed by atoms with Crippen LogP contribution in [0.2, 0.25) is 0 Å². The molecule has 18 heavy (non-hydrogen) atoms. The van der Waals surface area contributed by atoms with E-state index in [9.17, 15) is 4.79 Å². The van der Waals surface area contributed by atoms with Gasteiger partial charge in [0.15, 0.2) is 12.1 Å². The van der Waals surface area contributed by atoms with E-state index in [0.29, 0.717) is 22.9 Å². The molecule has 5 heteroatoms. The molecular weight excluding hydrogens is 232 g/mol. The molecule has 0 bridgehead atoms. The second-order valence-corrected chi connectivity index (χ2v) is 3.48. The molecule has 1 heterocycles. The van der Waals surface area contributed by atoms with E-state index in [2.05, 4.69) is 9.97 Å². The molecule has 1 aromatic heterocycles. The summed E-state index contributed by atoms with van der Waals surface area (Å²) in [6.07, 6.45) is 4.00. The summed E-state index contributed by atoms with van der Waals surface area (Å²) in [7, 11) is 1.54. The minimum absolute atomic E-state index is 0.216. The topological polar surface area (TPSA) is 61.3 Å². The molecule has 1 aromatic carbocycles. The lowest BCUT2D eigenvalue weighted by Gasteiger charge is -2.08. The van der Waals surface area contributed by atoms with Crippen LogP contribution in [0.1, 0.15) is 16.2 Å². The molecule has 0 aliphatic rings. The van der Waals surface area contributed by atoms with Crippen molar-refractivity contribution in [2.45, 2.75) is 6.61 Å². The molecule has 0 N–H and O–H groups in total. The highest BCUT2D eigenvalue weighted by atomic mass is 16.5. The molecule has 0 aliphatic heterocycles. The third-order valence-electron chi connectivity index (χ3n) is 2.32. The number of benzene rings is 1. The summed E-state index contributed by atoms with van der Waals surface area (Å²) in [6.45, 7) is 0.216. The normalized spacial score (nSPS) is 9.83. The van der Waals surface area contributed by atoms with E-state index in [4.69, 9.17) is 9.47 Å². The minimum atomic E-state index is 0.216. The Kier molecular flexibility index (Phi) is 3.86. The number of carbonyl (C=O) groups excluding carboxylic acids is 1. The number of rotatable bonds is 5. The Balaban J connectivity index is 2.12. The van der Waals surface area contributed by atoms with Crippen LogP contribution in [0.15, 0.2) is 36.7 Å². The SMILES string of the molecule is COc1ccc(OCc2ncccn2)c(C=O)c1. The summed E-state index contributed by atoms with van der Waals surface area (Å²) in [6, 6.07) is 6.77. The predicted molar refractivity (Wildman–Crippen MR) is 64.7 cm³/mol. The van der Waals surface area contributed by atoms with E-state index >= 15 is 0 Å².